The van der Waals surface area contributed by atoms with E-state index < -0.39 is 29.3 Å². The number of imide groups is 1. The number of nitrogens with one attached hydrogen (secondary N) is 1. The summed E-state index contributed by atoms with van der Waals surface area (Å²) in [4.78, 5) is 31.8. The third kappa shape index (κ3) is 2.76. The number of hydrogen-bond donors (Lipinski definition) is 1. The van der Waals surface area contributed by atoms with Crippen LogP contribution < -0.4 is 10.2 Å². The molecule has 136 valence electrons. The second-order valence-electron chi connectivity index (χ2n) is 6.57. The molecule has 3 rings (SSSR count). The van der Waals surface area contributed by atoms with Crippen molar-refractivity contribution in [2.45, 2.75) is 44.4 Å². The van der Waals surface area contributed by atoms with Crippen molar-refractivity contribution in [2.75, 3.05) is 18.0 Å². The lowest BCUT2D eigenvalue weighted by atomic mass is 9.86. The standard InChI is InChI=1S/C16H19F3N4O2/c1-10(2)23-14(25)22(13(24)15(23)5-7-20-8-6-15)11-3-4-12(21-9-11)16(17,18)19/h3-4,9-10,20H,5-8H2,1-2H3. The maximum absolute atomic E-state index is 13.1. The molecule has 1 aromatic heterocycles. The van der Waals surface area contributed by atoms with Gasteiger partial charge < -0.3 is 10.2 Å². The fourth-order valence-corrected chi connectivity index (χ4v) is 3.61. The van der Waals surface area contributed by atoms with Gasteiger partial charge in [0.25, 0.3) is 5.91 Å². The first kappa shape index (κ1) is 17.7. The minimum absolute atomic E-state index is 0.0593. The lowest BCUT2D eigenvalue weighted by molar-refractivity contribution is -0.141. The van der Waals surface area contributed by atoms with Crippen LogP contribution in [0.4, 0.5) is 23.7 Å². The van der Waals surface area contributed by atoms with Gasteiger partial charge in [0, 0.05) is 6.04 Å². The van der Waals surface area contributed by atoms with Crippen molar-refractivity contribution in [3.05, 3.63) is 24.0 Å². The molecule has 1 N–H and O–H groups in total. The number of hydrogen-bond acceptors (Lipinski definition) is 4. The Bertz CT molecular complexity index is 682. The number of pyridine rings is 1. The van der Waals surface area contributed by atoms with Crippen LogP contribution in [0.3, 0.4) is 0 Å². The molecule has 0 aromatic carbocycles. The van der Waals surface area contributed by atoms with Gasteiger partial charge >= 0.3 is 12.2 Å². The molecule has 25 heavy (non-hydrogen) atoms. The molecule has 1 aromatic rings. The fraction of sp³-hybridized carbons (Fsp3) is 0.562. The lowest BCUT2D eigenvalue weighted by Crippen LogP contribution is -2.57. The quantitative estimate of drug-likeness (QED) is 0.827. The topological polar surface area (TPSA) is 65.5 Å². The summed E-state index contributed by atoms with van der Waals surface area (Å²) < 4.78 is 38.0. The molecule has 0 bridgehead atoms. The van der Waals surface area contributed by atoms with Crippen molar-refractivity contribution < 1.29 is 22.8 Å². The van der Waals surface area contributed by atoms with Gasteiger partial charge in [0.2, 0.25) is 0 Å². The summed E-state index contributed by atoms with van der Waals surface area (Å²) in [5.41, 5.74) is -1.95. The number of piperidine rings is 1. The van der Waals surface area contributed by atoms with Crippen LogP contribution in [-0.4, -0.2) is 46.5 Å². The molecule has 3 heterocycles. The zero-order chi connectivity index (χ0) is 18.4. The van der Waals surface area contributed by atoms with Crippen molar-refractivity contribution in [1.29, 1.82) is 0 Å². The Balaban J connectivity index is 1.99. The van der Waals surface area contributed by atoms with E-state index >= 15 is 0 Å². The van der Waals surface area contributed by atoms with E-state index in [1.165, 1.54) is 0 Å². The van der Waals surface area contributed by atoms with Crippen LogP contribution in [0.5, 0.6) is 0 Å². The molecular formula is C16H19F3N4O2. The summed E-state index contributed by atoms with van der Waals surface area (Å²) in [6.45, 7) is 4.84. The van der Waals surface area contributed by atoms with E-state index in [9.17, 15) is 22.8 Å². The normalized spacial score (nSPS) is 20.9. The second-order valence-corrected chi connectivity index (χ2v) is 6.57. The van der Waals surface area contributed by atoms with Crippen molar-refractivity contribution >= 4 is 17.6 Å². The molecule has 0 aliphatic carbocycles. The summed E-state index contributed by atoms with van der Waals surface area (Å²) in [7, 11) is 0. The molecule has 3 amide bonds. The first-order chi connectivity index (χ1) is 11.7. The van der Waals surface area contributed by atoms with Gasteiger partial charge in [-0.2, -0.15) is 13.2 Å². The number of alkyl halides is 3. The van der Waals surface area contributed by atoms with Gasteiger partial charge in [0.15, 0.2) is 0 Å². The maximum Gasteiger partial charge on any atom is 0.433 e. The second kappa shape index (κ2) is 5.98. The number of urea groups is 1. The average molecular weight is 356 g/mol. The molecule has 9 heteroatoms. The molecule has 0 saturated carbocycles. The van der Waals surface area contributed by atoms with Crippen LogP contribution in [0.15, 0.2) is 18.3 Å². The first-order valence-electron chi connectivity index (χ1n) is 8.10. The van der Waals surface area contributed by atoms with Crippen LogP contribution in [-0.2, 0) is 11.0 Å². The maximum atomic E-state index is 13.1. The van der Waals surface area contributed by atoms with Crippen LogP contribution in [0, 0.1) is 0 Å². The molecular weight excluding hydrogens is 337 g/mol. The Labute approximate surface area is 143 Å². The Morgan fingerprint density at radius 3 is 2.32 bits per heavy atom. The Kier molecular flexibility index (Phi) is 4.22. The number of aromatic nitrogens is 1. The van der Waals surface area contributed by atoms with Gasteiger partial charge in [-0.25, -0.2) is 14.7 Å². The Hall–Kier alpha value is -2.16. The van der Waals surface area contributed by atoms with E-state index in [-0.39, 0.29) is 11.7 Å². The molecule has 0 radical (unpaired) electrons. The zero-order valence-electron chi connectivity index (χ0n) is 13.9. The summed E-state index contributed by atoms with van der Waals surface area (Å²) >= 11 is 0. The SMILES string of the molecule is CC(C)N1C(=O)N(c2ccc(C(F)(F)F)nc2)C(=O)C12CCNCC2. The minimum atomic E-state index is -4.57. The number of carbonyl (C=O) groups is 2. The predicted molar refractivity (Wildman–Crippen MR) is 83.9 cm³/mol. The van der Waals surface area contributed by atoms with Crippen molar-refractivity contribution in [1.82, 2.24) is 15.2 Å². The molecule has 0 unspecified atom stereocenters. The summed E-state index contributed by atoms with van der Waals surface area (Å²) in [5.74, 6) is -0.394. The summed E-state index contributed by atoms with van der Waals surface area (Å²) in [5, 5.41) is 3.16. The lowest BCUT2D eigenvalue weighted by Gasteiger charge is -2.40. The highest BCUT2D eigenvalue weighted by molar-refractivity contribution is 6.23. The molecule has 6 nitrogen and oxygen atoms in total. The third-order valence-corrected chi connectivity index (χ3v) is 4.70. The average Bonchev–Trinajstić information content (AvgIpc) is 2.75. The number of nitrogens with zero attached hydrogens (tertiary/aromatic N) is 3. The number of amides is 3. The molecule has 2 saturated heterocycles. The number of rotatable bonds is 2. The van der Waals surface area contributed by atoms with E-state index in [4.69, 9.17) is 0 Å². The largest absolute Gasteiger partial charge is 0.433 e. The van der Waals surface area contributed by atoms with Crippen molar-refractivity contribution in [2.24, 2.45) is 0 Å². The van der Waals surface area contributed by atoms with E-state index in [1.807, 2.05) is 13.8 Å². The van der Waals surface area contributed by atoms with Crippen molar-refractivity contribution in [3.8, 4) is 0 Å². The minimum Gasteiger partial charge on any atom is -0.317 e. The van der Waals surface area contributed by atoms with Crippen LogP contribution in [0.25, 0.3) is 0 Å². The number of carbonyl (C=O) groups excluding carboxylic acids is 2. The highest BCUT2D eigenvalue weighted by Crippen LogP contribution is 2.39. The van der Waals surface area contributed by atoms with Crippen LogP contribution >= 0.6 is 0 Å². The molecule has 2 aliphatic rings. The molecule has 2 aliphatic heterocycles. The van der Waals surface area contributed by atoms with Crippen LogP contribution in [0.1, 0.15) is 32.4 Å². The predicted octanol–water partition coefficient (Wildman–Crippen LogP) is 2.40. The van der Waals surface area contributed by atoms with E-state index in [2.05, 4.69) is 10.3 Å². The van der Waals surface area contributed by atoms with Gasteiger partial charge in [-0.3, -0.25) is 4.79 Å². The van der Waals surface area contributed by atoms with Gasteiger partial charge in [-0.05, 0) is 51.9 Å². The van der Waals surface area contributed by atoms with Crippen molar-refractivity contribution in [3.63, 3.8) is 0 Å². The third-order valence-electron chi connectivity index (χ3n) is 4.70. The highest BCUT2D eigenvalue weighted by Gasteiger charge is 2.58. The van der Waals surface area contributed by atoms with Crippen LogP contribution in [0.2, 0.25) is 0 Å². The Morgan fingerprint density at radius 2 is 1.84 bits per heavy atom. The number of anilines is 1. The molecule has 0 atom stereocenters. The molecule has 1 spiro atoms. The summed E-state index contributed by atoms with van der Waals surface area (Å²) in [6.07, 6.45) is -2.70. The van der Waals surface area contributed by atoms with Gasteiger partial charge in [-0.15, -0.1) is 0 Å². The van der Waals surface area contributed by atoms with Gasteiger partial charge in [0.1, 0.15) is 11.2 Å². The van der Waals surface area contributed by atoms with E-state index in [0.29, 0.717) is 25.9 Å². The highest BCUT2D eigenvalue weighted by atomic mass is 19.4. The molecule has 2 fully saturated rings. The van der Waals surface area contributed by atoms with E-state index in [0.717, 1.165) is 23.2 Å². The Morgan fingerprint density at radius 1 is 1.20 bits per heavy atom. The van der Waals surface area contributed by atoms with Gasteiger partial charge in [-0.1, -0.05) is 0 Å². The fourth-order valence-electron chi connectivity index (χ4n) is 3.61. The first-order valence-corrected chi connectivity index (χ1v) is 8.10. The number of halogens is 3. The monoisotopic (exact) mass is 356 g/mol. The zero-order valence-corrected chi connectivity index (χ0v) is 13.9. The van der Waals surface area contributed by atoms with Gasteiger partial charge in [0.05, 0.1) is 11.9 Å². The summed E-state index contributed by atoms with van der Waals surface area (Å²) in [6, 6.07) is 1.18. The smallest absolute Gasteiger partial charge is 0.317 e. The van der Waals surface area contributed by atoms with E-state index in [1.54, 1.807) is 4.90 Å².